The molecule has 1 fully saturated rings. The van der Waals surface area contributed by atoms with Gasteiger partial charge >= 0.3 is 0 Å². The van der Waals surface area contributed by atoms with Crippen LogP contribution >= 0.6 is 23.1 Å². The first-order chi connectivity index (χ1) is 8.79. The molecule has 1 aromatic heterocycles. The molecule has 2 nitrogen and oxygen atoms in total. The van der Waals surface area contributed by atoms with E-state index in [9.17, 15) is 0 Å². The van der Waals surface area contributed by atoms with E-state index in [1.165, 1.54) is 23.7 Å². The van der Waals surface area contributed by atoms with Gasteiger partial charge in [0.2, 0.25) is 0 Å². The fourth-order valence-corrected chi connectivity index (χ4v) is 3.98. The summed E-state index contributed by atoms with van der Waals surface area (Å²) in [7, 11) is 0. The quantitative estimate of drug-likeness (QED) is 0.861. The molecule has 2 heterocycles. The number of aliphatic hydroxyl groups is 1. The maximum atomic E-state index is 8.74. The molecule has 98 valence electrons. The Morgan fingerprint density at radius 1 is 1.56 bits per heavy atom. The number of rotatable bonds is 3. The SMILES string of the molecule is CC1CN(Cc2sccc2C#CCCO)CCS1. The summed E-state index contributed by atoms with van der Waals surface area (Å²) in [6.45, 7) is 5.81. The average Bonchev–Trinajstić information content (AvgIpc) is 2.77. The first-order valence-electron chi connectivity index (χ1n) is 6.29. The van der Waals surface area contributed by atoms with Crippen molar-refractivity contribution in [3.63, 3.8) is 0 Å². The van der Waals surface area contributed by atoms with Crippen LogP contribution in [0.1, 0.15) is 23.8 Å². The lowest BCUT2D eigenvalue weighted by Crippen LogP contribution is -2.35. The molecular weight excluding hydrogens is 262 g/mol. The van der Waals surface area contributed by atoms with Crippen LogP contribution in [0.3, 0.4) is 0 Å². The van der Waals surface area contributed by atoms with Gasteiger partial charge in [-0.25, -0.2) is 0 Å². The van der Waals surface area contributed by atoms with E-state index in [4.69, 9.17) is 5.11 Å². The molecule has 1 aliphatic heterocycles. The molecule has 4 heteroatoms. The molecule has 1 N–H and O–H groups in total. The highest BCUT2D eigenvalue weighted by Gasteiger charge is 2.17. The Labute approximate surface area is 117 Å². The summed E-state index contributed by atoms with van der Waals surface area (Å²) in [5.74, 6) is 7.41. The molecule has 0 aliphatic carbocycles. The summed E-state index contributed by atoms with van der Waals surface area (Å²) < 4.78 is 0. The summed E-state index contributed by atoms with van der Waals surface area (Å²) in [5, 5.41) is 11.6. The molecule has 0 amide bonds. The second kappa shape index (κ2) is 7.20. The molecule has 0 saturated carbocycles. The van der Waals surface area contributed by atoms with Gasteiger partial charge in [-0.05, 0) is 11.4 Å². The van der Waals surface area contributed by atoms with E-state index >= 15 is 0 Å². The van der Waals surface area contributed by atoms with Gasteiger partial charge in [0, 0.05) is 47.5 Å². The van der Waals surface area contributed by atoms with Crippen LogP contribution in [0.15, 0.2) is 11.4 Å². The van der Waals surface area contributed by atoms with Gasteiger partial charge in [-0.15, -0.1) is 11.3 Å². The predicted molar refractivity (Wildman–Crippen MR) is 80.1 cm³/mol. The smallest absolute Gasteiger partial charge is 0.0540 e. The molecule has 18 heavy (non-hydrogen) atoms. The maximum Gasteiger partial charge on any atom is 0.0540 e. The predicted octanol–water partition coefficient (Wildman–Crippen LogP) is 2.42. The van der Waals surface area contributed by atoms with E-state index in [1.807, 2.05) is 0 Å². The number of nitrogens with zero attached hydrogens (tertiary/aromatic N) is 1. The highest BCUT2D eigenvalue weighted by Crippen LogP contribution is 2.23. The maximum absolute atomic E-state index is 8.74. The van der Waals surface area contributed by atoms with Crippen LogP contribution in [0.25, 0.3) is 0 Å². The number of aliphatic hydroxyl groups excluding tert-OH is 1. The minimum absolute atomic E-state index is 0.146. The fourth-order valence-electron chi connectivity index (χ4n) is 2.03. The molecule has 1 atom stereocenters. The Bertz CT molecular complexity index is 432. The van der Waals surface area contributed by atoms with Crippen molar-refractivity contribution >= 4 is 23.1 Å². The van der Waals surface area contributed by atoms with Gasteiger partial charge in [-0.1, -0.05) is 18.8 Å². The number of thioether (sulfide) groups is 1. The lowest BCUT2D eigenvalue weighted by atomic mass is 10.2. The van der Waals surface area contributed by atoms with Crippen molar-refractivity contribution in [3.05, 3.63) is 21.9 Å². The third-order valence-corrected chi connectivity index (χ3v) is 4.94. The van der Waals surface area contributed by atoms with Crippen LogP contribution in [0, 0.1) is 11.8 Å². The Hall–Kier alpha value is -0.470. The normalized spacial score (nSPS) is 20.4. The number of thiophene rings is 1. The van der Waals surface area contributed by atoms with Crippen molar-refractivity contribution in [1.82, 2.24) is 4.90 Å². The average molecular weight is 281 g/mol. The highest BCUT2D eigenvalue weighted by molar-refractivity contribution is 7.99. The van der Waals surface area contributed by atoms with Crippen molar-refractivity contribution in [2.75, 3.05) is 25.4 Å². The van der Waals surface area contributed by atoms with Crippen molar-refractivity contribution in [3.8, 4) is 11.8 Å². The zero-order valence-electron chi connectivity index (χ0n) is 10.7. The van der Waals surface area contributed by atoms with E-state index in [2.05, 4.69) is 46.9 Å². The van der Waals surface area contributed by atoms with Gasteiger partial charge in [0.25, 0.3) is 0 Å². The van der Waals surface area contributed by atoms with E-state index in [0.717, 1.165) is 17.4 Å². The van der Waals surface area contributed by atoms with Crippen LogP contribution in [0.2, 0.25) is 0 Å². The largest absolute Gasteiger partial charge is 0.395 e. The molecule has 1 unspecified atom stereocenters. The van der Waals surface area contributed by atoms with Crippen LogP contribution in [0.4, 0.5) is 0 Å². The molecule has 0 spiro atoms. The molecule has 1 saturated heterocycles. The zero-order chi connectivity index (χ0) is 12.8. The van der Waals surface area contributed by atoms with Crippen LogP contribution < -0.4 is 0 Å². The van der Waals surface area contributed by atoms with Crippen molar-refractivity contribution in [1.29, 1.82) is 0 Å². The molecule has 2 rings (SSSR count). The van der Waals surface area contributed by atoms with Gasteiger partial charge in [0.1, 0.15) is 0 Å². The van der Waals surface area contributed by atoms with Crippen LogP contribution in [-0.4, -0.2) is 40.7 Å². The molecule has 0 bridgehead atoms. The first-order valence-corrected chi connectivity index (χ1v) is 8.22. The number of hydrogen-bond acceptors (Lipinski definition) is 4. The lowest BCUT2D eigenvalue weighted by Gasteiger charge is -2.30. The van der Waals surface area contributed by atoms with E-state index in [-0.39, 0.29) is 6.61 Å². The van der Waals surface area contributed by atoms with Gasteiger partial charge in [0.15, 0.2) is 0 Å². The molecule has 1 aliphatic rings. The lowest BCUT2D eigenvalue weighted by molar-refractivity contribution is 0.280. The molecular formula is C14H19NOS2. The van der Waals surface area contributed by atoms with Gasteiger partial charge in [-0.2, -0.15) is 11.8 Å². The Balaban J connectivity index is 1.97. The molecule has 0 radical (unpaired) electrons. The van der Waals surface area contributed by atoms with E-state index in [0.29, 0.717) is 6.42 Å². The Morgan fingerprint density at radius 3 is 3.22 bits per heavy atom. The van der Waals surface area contributed by atoms with Crippen LogP contribution in [0.5, 0.6) is 0 Å². The van der Waals surface area contributed by atoms with Gasteiger partial charge < -0.3 is 5.11 Å². The molecule has 1 aromatic rings. The first kappa shape index (κ1) is 14.0. The van der Waals surface area contributed by atoms with Crippen LogP contribution in [-0.2, 0) is 6.54 Å². The topological polar surface area (TPSA) is 23.5 Å². The second-order valence-electron chi connectivity index (χ2n) is 4.45. The zero-order valence-corrected chi connectivity index (χ0v) is 12.3. The third kappa shape index (κ3) is 4.03. The minimum Gasteiger partial charge on any atom is -0.395 e. The fraction of sp³-hybridized carbons (Fsp3) is 0.571. The number of hydrogen-bond donors (Lipinski definition) is 1. The summed E-state index contributed by atoms with van der Waals surface area (Å²) in [5.41, 5.74) is 1.14. The van der Waals surface area contributed by atoms with Crippen molar-refractivity contribution < 1.29 is 5.11 Å². The monoisotopic (exact) mass is 281 g/mol. The van der Waals surface area contributed by atoms with Crippen molar-refractivity contribution in [2.45, 2.75) is 25.1 Å². The Kier molecular flexibility index (Phi) is 5.58. The van der Waals surface area contributed by atoms with Gasteiger partial charge in [-0.3, -0.25) is 4.90 Å². The van der Waals surface area contributed by atoms with Gasteiger partial charge in [0.05, 0.1) is 6.61 Å². The summed E-state index contributed by atoms with van der Waals surface area (Å²) in [6.07, 6.45) is 0.562. The minimum atomic E-state index is 0.146. The summed E-state index contributed by atoms with van der Waals surface area (Å²) in [4.78, 5) is 3.88. The van der Waals surface area contributed by atoms with E-state index < -0.39 is 0 Å². The van der Waals surface area contributed by atoms with E-state index in [1.54, 1.807) is 11.3 Å². The Morgan fingerprint density at radius 2 is 2.44 bits per heavy atom. The highest BCUT2D eigenvalue weighted by atomic mass is 32.2. The molecule has 0 aromatic carbocycles. The second-order valence-corrected chi connectivity index (χ2v) is 7.00. The van der Waals surface area contributed by atoms with Crippen molar-refractivity contribution in [2.24, 2.45) is 0 Å². The standard InChI is InChI=1S/C14H19NOS2/c1-12-10-15(6-9-17-12)11-14-13(5-8-18-14)4-2-3-7-16/h5,8,12,16H,3,6-7,9-11H2,1H3. The summed E-state index contributed by atoms with van der Waals surface area (Å²) in [6, 6.07) is 2.09. The summed E-state index contributed by atoms with van der Waals surface area (Å²) >= 11 is 3.85. The third-order valence-electron chi connectivity index (χ3n) is 2.90.